The smallest absolute Gasteiger partial charge is 0.262 e. The molecule has 0 fully saturated rings. The number of aromatic nitrogens is 2. The first-order valence-electron chi connectivity index (χ1n) is 9.32. The Balaban J connectivity index is 1.59. The van der Waals surface area contributed by atoms with Crippen LogP contribution in [0.5, 0.6) is 0 Å². The second-order valence-electron chi connectivity index (χ2n) is 6.83. The SMILES string of the molecule is CC(Sc1nc2sc(-c3ccccc3)cc2c(=O)n1C)C(=O)Nc1ccc(F)cc1Cl. The van der Waals surface area contributed by atoms with Crippen LogP contribution >= 0.6 is 34.7 Å². The molecular formula is C22H17ClFN3O2S2. The maximum atomic E-state index is 13.2. The van der Waals surface area contributed by atoms with E-state index in [-0.39, 0.29) is 16.5 Å². The van der Waals surface area contributed by atoms with Gasteiger partial charge in [0.1, 0.15) is 10.6 Å². The first kappa shape index (κ1) is 21.5. The molecule has 4 rings (SSSR count). The van der Waals surface area contributed by atoms with Crippen LogP contribution in [0.4, 0.5) is 10.1 Å². The van der Waals surface area contributed by atoms with Crippen molar-refractivity contribution in [1.29, 1.82) is 0 Å². The van der Waals surface area contributed by atoms with Gasteiger partial charge in [0, 0.05) is 11.9 Å². The van der Waals surface area contributed by atoms with Crippen LogP contribution in [0.2, 0.25) is 5.02 Å². The monoisotopic (exact) mass is 473 g/mol. The fourth-order valence-electron chi connectivity index (χ4n) is 2.93. The summed E-state index contributed by atoms with van der Waals surface area (Å²) in [4.78, 5) is 31.7. The number of amides is 1. The minimum absolute atomic E-state index is 0.115. The Morgan fingerprint density at radius 1 is 1.23 bits per heavy atom. The largest absolute Gasteiger partial charge is 0.324 e. The zero-order valence-electron chi connectivity index (χ0n) is 16.6. The zero-order chi connectivity index (χ0) is 22.1. The molecule has 0 aliphatic carbocycles. The van der Waals surface area contributed by atoms with Gasteiger partial charge in [-0.05, 0) is 36.8 Å². The summed E-state index contributed by atoms with van der Waals surface area (Å²) in [7, 11) is 1.64. The Morgan fingerprint density at radius 2 is 1.97 bits per heavy atom. The third-order valence-corrected chi connectivity index (χ3v) is 7.16. The van der Waals surface area contributed by atoms with Gasteiger partial charge in [-0.3, -0.25) is 14.2 Å². The number of nitrogens with one attached hydrogen (secondary N) is 1. The van der Waals surface area contributed by atoms with Gasteiger partial charge in [0.25, 0.3) is 5.56 Å². The number of anilines is 1. The summed E-state index contributed by atoms with van der Waals surface area (Å²) in [6.45, 7) is 1.71. The number of benzene rings is 2. The summed E-state index contributed by atoms with van der Waals surface area (Å²) in [5.74, 6) is -0.812. The summed E-state index contributed by atoms with van der Waals surface area (Å²) in [6, 6.07) is 15.4. The van der Waals surface area contributed by atoms with Gasteiger partial charge < -0.3 is 5.32 Å². The molecule has 2 heterocycles. The zero-order valence-corrected chi connectivity index (χ0v) is 18.9. The van der Waals surface area contributed by atoms with Gasteiger partial charge in [-0.15, -0.1) is 11.3 Å². The van der Waals surface area contributed by atoms with Crippen molar-refractivity contribution >= 4 is 56.5 Å². The van der Waals surface area contributed by atoms with Gasteiger partial charge in [-0.2, -0.15) is 0 Å². The highest BCUT2D eigenvalue weighted by molar-refractivity contribution is 8.00. The van der Waals surface area contributed by atoms with Crippen LogP contribution in [0.15, 0.2) is 64.5 Å². The standard InChI is InChI=1S/C22H17ClFN3O2S2/c1-12(19(28)25-17-9-8-14(24)10-16(17)23)30-22-26-20-15(21(29)27(22)2)11-18(31-20)13-6-4-3-5-7-13/h3-12H,1-2H3,(H,25,28). The van der Waals surface area contributed by atoms with E-state index in [0.29, 0.717) is 21.1 Å². The molecule has 1 amide bonds. The maximum absolute atomic E-state index is 13.2. The maximum Gasteiger partial charge on any atom is 0.262 e. The number of halogens is 2. The van der Waals surface area contributed by atoms with E-state index in [2.05, 4.69) is 10.3 Å². The quantitative estimate of drug-likeness (QED) is 0.304. The average Bonchev–Trinajstić information content (AvgIpc) is 3.18. The predicted molar refractivity (Wildman–Crippen MR) is 126 cm³/mol. The Labute approximate surface area is 190 Å². The van der Waals surface area contributed by atoms with Crippen LogP contribution < -0.4 is 10.9 Å². The van der Waals surface area contributed by atoms with Crippen molar-refractivity contribution in [3.8, 4) is 10.4 Å². The van der Waals surface area contributed by atoms with E-state index >= 15 is 0 Å². The van der Waals surface area contributed by atoms with Gasteiger partial charge in [-0.1, -0.05) is 53.7 Å². The summed E-state index contributed by atoms with van der Waals surface area (Å²) < 4.78 is 14.7. The summed E-state index contributed by atoms with van der Waals surface area (Å²) in [6.07, 6.45) is 0. The highest BCUT2D eigenvalue weighted by atomic mass is 35.5. The molecule has 1 unspecified atom stereocenters. The number of rotatable bonds is 5. The fraction of sp³-hybridized carbons (Fsp3) is 0.136. The number of thioether (sulfide) groups is 1. The topological polar surface area (TPSA) is 64.0 Å². The molecule has 0 aliphatic heterocycles. The van der Waals surface area contributed by atoms with E-state index < -0.39 is 11.1 Å². The molecule has 0 radical (unpaired) electrons. The molecule has 2 aromatic carbocycles. The Bertz CT molecular complexity index is 1340. The summed E-state index contributed by atoms with van der Waals surface area (Å²) >= 11 is 8.59. The molecule has 5 nitrogen and oxygen atoms in total. The second-order valence-corrected chi connectivity index (χ2v) is 9.57. The van der Waals surface area contributed by atoms with Crippen LogP contribution in [-0.4, -0.2) is 20.7 Å². The normalized spacial score (nSPS) is 12.1. The molecule has 0 aliphatic rings. The molecule has 0 spiro atoms. The van der Waals surface area contributed by atoms with Crippen molar-refractivity contribution in [3.05, 3.63) is 75.8 Å². The van der Waals surface area contributed by atoms with E-state index in [1.165, 1.54) is 39.8 Å². The van der Waals surface area contributed by atoms with E-state index in [0.717, 1.165) is 16.5 Å². The number of carbonyl (C=O) groups is 1. The highest BCUT2D eigenvalue weighted by Crippen LogP contribution is 2.33. The Hall–Kier alpha value is -2.68. The number of fused-ring (bicyclic) bond motifs is 1. The molecule has 0 saturated heterocycles. The van der Waals surface area contributed by atoms with Crippen molar-refractivity contribution in [3.63, 3.8) is 0 Å². The van der Waals surface area contributed by atoms with Crippen LogP contribution in [-0.2, 0) is 11.8 Å². The Kier molecular flexibility index (Phi) is 6.13. The molecule has 1 N–H and O–H groups in total. The molecule has 0 bridgehead atoms. The number of hydrogen-bond donors (Lipinski definition) is 1. The van der Waals surface area contributed by atoms with Crippen LogP contribution in [0.1, 0.15) is 6.92 Å². The van der Waals surface area contributed by atoms with Crippen molar-refractivity contribution in [2.24, 2.45) is 7.05 Å². The van der Waals surface area contributed by atoms with Crippen molar-refractivity contribution in [1.82, 2.24) is 9.55 Å². The number of carbonyl (C=O) groups excluding carboxylic acids is 1. The Morgan fingerprint density at radius 3 is 2.68 bits per heavy atom. The first-order chi connectivity index (χ1) is 14.8. The van der Waals surface area contributed by atoms with Gasteiger partial charge >= 0.3 is 0 Å². The van der Waals surface area contributed by atoms with E-state index in [9.17, 15) is 14.0 Å². The van der Waals surface area contributed by atoms with Gasteiger partial charge in [-0.25, -0.2) is 9.37 Å². The molecular weight excluding hydrogens is 457 g/mol. The molecule has 0 saturated carbocycles. The average molecular weight is 474 g/mol. The third-order valence-electron chi connectivity index (χ3n) is 4.63. The molecule has 9 heteroatoms. The minimum Gasteiger partial charge on any atom is -0.324 e. The molecule has 31 heavy (non-hydrogen) atoms. The van der Waals surface area contributed by atoms with Crippen LogP contribution in [0, 0.1) is 5.82 Å². The van der Waals surface area contributed by atoms with Crippen molar-refractivity contribution in [2.75, 3.05) is 5.32 Å². The van der Waals surface area contributed by atoms with E-state index in [4.69, 9.17) is 11.6 Å². The van der Waals surface area contributed by atoms with Crippen LogP contribution in [0.3, 0.4) is 0 Å². The number of hydrogen-bond acceptors (Lipinski definition) is 5. The first-order valence-corrected chi connectivity index (χ1v) is 11.4. The molecule has 4 aromatic rings. The summed E-state index contributed by atoms with van der Waals surface area (Å²) in [5, 5.41) is 3.22. The molecule has 158 valence electrons. The molecule has 2 aromatic heterocycles. The lowest BCUT2D eigenvalue weighted by molar-refractivity contribution is -0.115. The van der Waals surface area contributed by atoms with E-state index in [1.54, 1.807) is 14.0 Å². The third kappa shape index (κ3) is 4.51. The molecule has 1 atom stereocenters. The van der Waals surface area contributed by atoms with Gasteiger partial charge in [0.15, 0.2) is 5.16 Å². The predicted octanol–water partition coefficient (Wildman–Crippen LogP) is 5.57. The number of nitrogens with zero attached hydrogens (tertiary/aromatic N) is 2. The lowest BCUT2D eigenvalue weighted by Crippen LogP contribution is -2.25. The van der Waals surface area contributed by atoms with Crippen molar-refractivity contribution < 1.29 is 9.18 Å². The lowest BCUT2D eigenvalue weighted by atomic mass is 10.2. The second kappa shape index (κ2) is 8.82. The van der Waals surface area contributed by atoms with Gasteiger partial charge in [0.05, 0.1) is 21.3 Å². The lowest BCUT2D eigenvalue weighted by Gasteiger charge is -2.14. The van der Waals surface area contributed by atoms with Crippen LogP contribution in [0.25, 0.3) is 20.7 Å². The fourth-order valence-corrected chi connectivity index (χ4v) is 5.10. The van der Waals surface area contributed by atoms with Crippen molar-refractivity contribution in [2.45, 2.75) is 17.3 Å². The highest BCUT2D eigenvalue weighted by Gasteiger charge is 2.20. The number of thiophene rings is 1. The van der Waals surface area contributed by atoms with Gasteiger partial charge in [0.2, 0.25) is 5.91 Å². The summed E-state index contributed by atoms with van der Waals surface area (Å²) in [5.41, 5.74) is 1.18. The minimum atomic E-state index is -0.565. The van der Waals surface area contributed by atoms with E-state index in [1.807, 2.05) is 36.4 Å².